The molecule has 0 bridgehead atoms. The summed E-state index contributed by atoms with van der Waals surface area (Å²) in [5, 5.41) is 11.4. The van der Waals surface area contributed by atoms with Crippen molar-refractivity contribution in [3.63, 3.8) is 0 Å². The molecule has 1 amide bonds. The molecule has 8 nitrogen and oxygen atoms in total. The molecule has 0 unspecified atom stereocenters. The number of carboxylic acid groups (broad SMARTS) is 1. The Balaban J connectivity index is 2.00. The van der Waals surface area contributed by atoms with E-state index in [9.17, 15) is 14.4 Å². The normalized spacial score (nSPS) is 10.6. The smallest absolute Gasteiger partial charge is 0.394 e. The van der Waals surface area contributed by atoms with E-state index in [2.05, 4.69) is 21.2 Å². The first kappa shape index (κ1) is 21.7. The fraction of sp³-hybridized carbons (Fsp3) is 0.150. The van der Waals surface area contributed by atoms with E-state index in [4.69, 9.17) is 30.6 Å². The van der Waals surface area contributed by atoms with Crippen molar-refractivity contribution in [1.82, 2.24) is 5.32 Å². The quantitative estimate of drug-likeness (QED) is 0.397. The molecule has 1 aromatic heterocycles. The summed E-state index contributed by atoms with van der Waals surface area (Å²) in [4.78, 5) is 34.2. The lowest BCUT2D eigenvalue weighted by molar-refractivity contribution is -0.150. The molecule has 0 atom stereocenters. The summed E-state index contributed by atoms with van der Waals surface area (Å²) in [6.07, 6.45) is 0. The summed E-state index contributed by atoms with van der Waals surface area (Å²) in [6, 6.07) is 9.45. The average molecular weight is 497 g/mol. The Kier molecular flexibility index (Phi) is 6.63. The van der Waals surface area contributed by atoms with Crippen LogP contribution in [0, 0.1) is 0 Å². The van der Waals surface area contributed by atoms with Crippen molar-refractivity contribution in [2.24, 2.45) is 0 Å². The minimum Gasteiger partial charge on any atom is -0.495 e. The van der Waals surface area contributed by atoms with Crippen LogP contribution in [0.5, 0.6) is 11.5 Å². The third kappa shape index (κ3) is 4.58. The highest BCUT2D eigenvalue weighted by atomic mass is 79.9. The average Bonchev–Trinajstić information content (AvgIpc) is 2.72. The highest BCUT2D eigenvalue weighted by Gasteiger charge is 2.17. The van der Waals surface area contributed by atoms with E-state index in [1.54, 1.807) is 30.3 Å². The third-order valence-corrected chi connectivity index (χ3v) is 4.98. The zero-order valence-corrected chi connectivity index (χ0v) is 17.9. The number of para-hydroxylation sites is 1. The summed E-state index contributed by atoms with van der Waals surface area (Å²) in [5.74, 6) is -1.75. The van der Waals surface area contributed by atoms with Crippen molar-refractivity contribution in [2.45, 2.75) is 0 Å². The lowest BCUT2D eigenvalue weighted by atomic mass is 10.1. The maximum Gasteiger partial charge on any atom is 0.394 e. The molecule has 0 fully saturated rings. The molecular formula is C20H15BrClNO7. The molecule has 0 spiro atoms. The summed E-state index contributed by atoms with van der Waals surface area (Å²) >= 11 is 9.57. The van der Waals surface area contributed by atoms with Gasteiger partial charge in [0.15, 0.2) is 11.0 Å². The molecule has 1 heterocycles. The van der Waals surface area contributed by atoms with Gasteiger partial charge in [-0.15, -0.1) is 0 Å². The first-order chi connectivity index (χ1) is 14.3. The van der Waals surface area contributed by atoms with Gasteiger partial charge in [-0.2, -0.15) is 0 Å². The predicted octanol–water partition coefficient (Wildman–Crippen LogP) is 3.46. The fourth-order valence-electron chi connectivity index (χ4n) is 2.68. The number of hydrogen-bond donors (Lipinski definition) is 2. The number of carboxylic acids is 1. The number of fused-ring (bicyclic) bond motifs is 1. The summed E-state index contributed by atoms with van der Waals surface area (Å²) in [7, 11) is 1.48. The molecule has 0 aliphatic heterocycles. The number of ether oxygens (including phenoxy) is 2. The second-order valence-corrected chi connectivity index (χ2v) is 7.25. The molecule has 10 heteroatoms. The number of nitrogens with one attached hydrogen (secondary N) is 1. The highest BCUT2D eigenvalue weighted by molar-refractivity contribution is 9.10. The first-order valence-electron chi connectivity index (χ1n) is 8.56. The van der Waals surface area contributed by atoms with E-state index in [1.807, 2.05) is 0 Å². The minimum atomic E-state index is -1.59. The number of amides is 1. The van der Waals surface area contributed by atoms with Gasteiger partial charge >= 0.3 is 11.9 Å². The molecule has 3 aromatic rings. The van der Waals surface area contributed by atoms with Crippen LogP contribution in [-0.2, 0) is 9.59 Å². The van der Waals surface area contributed by atoms with Crippen molar-refractivity contribution in [3.8, 4) is 22.8 Å². The van der Waals surface area contributed by atoms with Gasteiger partial charge in [0.25, 0.3) is 0 Å². The second kappa shape index (κ2) is 9.19. The number of halogens is 2. The molecular weight excluding hydrogens is 482 g/mol. The van der Waals surface area contributed by atoms with Crippen LogP contribution < -0.4 is 20.2 Å². The van der Waals surface area contributed by atoms with Crippen LogP contribution in [0.25, 0.3) is 22.3 Å². The lowest BCUT2D eigenvalue weighted by Gasteiger charge is -2.14. The fourth-order valence-corrected chi connectivity index (χ4v) is 3.40. The Morgan fingerprint density at radius 3 is 2.70 bits per heavy atom. The Morgan fingerprint density at radius 1 is 1.23 bits per heavy atom. The summed E-state index contributed by atoms with van der Waals surface area (Å²) < 4.78 is 17.5. The molecule has 30 heavy (non-hydrogen) atoms. The largest absolute Gasteiger partial charge is 0.495 e. The molecule has 0 radical (unpaired) electrons. The van der Waals surface area contributed by atoms with Gasteiger partial charge in [0.05, 0.1) is 34.1 Å². The molecule has 0 saturated heterocycles. The highest BCUT2D eigenvalue weighted by Crippen LogP contribution is 2.39. The zero-order valence-electron chi connectivity index (χ0n) is 15.5. The topological polar surface area (TPSA) is 115 Å². The number of benzene rings is 2. The van der Waals surface area contributed by atoms with E-state index in [0.717, 1.165) is 0 Å². The van der Waals surface area contributed by atoms with Crippen molar-refractivity contribution in [1.29, 1.82) is 0 Å². The van der Waals surface area contributed by atoms with E-state index in [-0.39, 0.29) is 34.9 Å². The molecule has 2 N–H and O–H groups in total. The van der Waals surface area contributed by atoms with Crippen LogP contribution in [0.4, 0.5) is 0 Å². The van der Waals surface area contributed by atoms with Crippen LogP contribution >= 0.6 is 27.5 Å². The number of carbonyl (C=O) groups is 2. The number of hydrogen-bond acceptors (Lipinski definition) is 6. The standard InChI is InChI=1S/C20H15BrClNO7/c1-28-17-9-15(29-6-5-23-19(25)20(26)27)11(7-12(17)21)16-8-14(24)10-3-2-4-13(22)18(10)30-16/h2-4,7-9H,5-6H2,1H3,(H,23,25)(H,26,27). The Labute approximate surface area is 183 Å². The van der Waals surface area contributed by atoms with E-state index >= 15 is 0 Å². The SMILES string of the molecule is COc1cc(OCCNC(=O)C(=O)O)c(-c2cc(=O)c3cccc(Cl)c3o2)cc1Br. The van der Waals surface area contributed by atoms with Crippen molar-refractivity contribution in [3.05, 3.63) is 56.1 Å². The number of carbonyl (C=O) groups excluding carboxylic acids is 1. The predicted molar refractivity (Wildman–Crippen MR) is 113 cm³/mol. The molecule has 3 rings (SSSR count). The maximum atomic E-state index is 12.5. The van der Waals surface area contributed by atoms with Crippen LogP contribution in [0.2, 0.25) is 5.02 Å². The molecule has 0 saturated carbocycles. The van der Waals surface area contributed by atoms with E-state index < -0.39 is 11.9 Å². The number of rotatable bonds is 6. The van der Waals surface area contributed by atoms with E-state index in [1.165, 1.54) is 13.2 Å². The van der Waals surface area contributed by atoms with Gasteiger partial charge in [-0.25, -0.2) is 4.79 Å². The Bertz CT molecular complexity index is 1190. The Hall–Kier alpha value is -3.04. The van der Waals surface area contributed by atoms with E-state index in [0.29, 0.717) is 26.9 Å². The summed E-state index contributed by atoms with van der Waals surface area (Å²) in [6.45, 7) is -0.0776. The first-order valence-corrected chi connectivity index (χ1v) is 9.73. The summed E-state index contributed by atoms with van der Waals surface area (Å²) in [5.41, 5.74) is 0.403. The van der Waals surface area contributed by atoms with Gasteiger partial charge in [0.2, 0.25) is 0 Å². The van der Waals surface area contributed by atoms with Crippen molar-refractivity contribution in [2.75, 3.05) is 20.3 Å². The number of methoxy groups -OCH3 is 1. The van der Waals surface area contributed by atoms with Gasteiger partial charge in [-0.1, -0.05) is 17.7 Å². The van der Waals surface area contributed by atoms with Crippen molar-refractivity contribution >= 4 is 50.4 Å². The van der Waals surface area contributed by atoms with Gasteiger partial charge in [-0.3, -0.25) is 9.59 Å². The maximum absolute atomic E-state index is 12.5. The molecule has 0 aliphatic carbocycles. The molecule has 2 aromatic carbocycles. The van der Waals surface area contributed by atoms with Gasteiger partial charge < -0.3 is 24.3 Å². The van der Waals surface area contributed by atoms with Gasteiger partial charge in [0, 0.05) is 12.1 Å². The van der Waals surface area contributed by atoms with Crippen molar-refractivity contribution < 1.29 is 28.6 Å². The minimum absolute atomic E-state index is 0.0324. The monoisotopic (exact) mass is 495 g/mol. The van der Waals surface area contributed by atoms with Crippen LogP contribution in [0.15, 0.2) is 50.1 Å². The lowest BCUT2D eigenvalue weighted by Crippen LogP contribution is -2.33. The molecule has 0 aliphatic rings. The number of aliphatic carboxylic acids is 1. The van der Waals surface area contributed by atoms with Crippen LogP contribution in [0.3, 0.4) is 0 Å². The second-order valence-electron chi connectivity index (χ2n) is 5.98. The molecule has 156 valence electrons. The Morgan fingerprint density at radius 2 is 2.00 bits per heavy atom. The van der Waals surface area contributed by atoms with Gasteiger partial charge in [0.1, 0.15) is 23.9 Å². The van der Waals surface area contributed by atoms with Crippen LogP contribution in [0.1, 0.15) is 0 Å². The zero-order chi connectivity index (χ0) is 21.8. The third-order valence-electron chi connectivity index (χ3n) is 4.07. The van der Waals surface area contributed by atoms with Gasteiger partial charge in [-0.05, 0) is 34.1 Å². The van der Waals surface area contributed by atoms with Crippen LogP contribution in [-0.4, -0.2) is 37.2 Å².